The molecule has 7 heteroatoms. The van der Waals surface area contributed by atoms with E-state index in [1.165, 1.54) is 12.1 Å². The van der Waals surface area contributed by atoms with E-state index in [1.54, 1.807) is 12.1 Å². The summed E-state index contributed by atoms with van der Waals surface area (Å²) >= 11 is 0. The normalized spacial score (nSPS) is 15.7. The van der Waals surface area contributed by atoms with Gasteiger partial charge in [0.1, 0.15) is 5.75 Å². The van der Waals surface area contributed by atoms with E-state index in [4.69, 9.17) is 0 Å². The van der Waals surface area contributed by atoms with Gasteiger partial charge in [-0.1, -0.05) is 18.2 Å². The zero-order valence-electron chi connectivity index (χ0n) is 11.7. The minimum absolute atomic E-state index is 0.119. The zero-order valence-corrected chi connectivity index (χ0v) is 11.7. The van der Waals surface area contributed by atoms with Gasteiger partial charge in [0, 0.05) is 18.2 Å². The summed E-state index contributed by atoms with van der Waals surface area (Å²) in [5.74, 6) is 0.401. The third-order valence-corrected chi connectivity index (χ3v) is 2.87. The van der Waals surface area contributed by atoms with Gasteiger partial charge in [0.2, 0.25) is 0 Å². The molecule has 116 valence electrons. The van der Waals surface area contributed by atoms with E-state index in [1.807, 2.05) is 6.92 Å². The number of aliphatic imine (C=N–C) groups is 1. The van der Waals surface area contributed by atoms with Crippen LogP contribution in [0.2, 0.25) is 0 Å². The van der Waals surface area contributed by atoms with Crippen molar-refractivity contribution in [2.24, 2.45) is 4.99 Å². The highest BCUT2D eigenvalue weighted by Gasteiger charge is 2.32. The van der Waals surface area contributed by atoms with E-state index in [0.717, 1.165) is 12.8 Å². The Morgan fingerprint density at radius 3 is 2.67 bits per heavy atom. The first-order valence-electron chi connectivity index (χ1n) is 6.86. The summed E-state index contributed by atoms with van der Waals surface area (Å²) in [6, 6.07) is 6.45. The highest BCUT2D eigenvalue weighted by molar-refractivity contribution is 5.80. The molecule has 1 fully saturated rings. The van der Waals surface area contributed by atoms with Crippen LogP contribution in [0.25, 0.3) is 0 Å². The van der Waals surface area contributed by atoms with Gasteiger partial charge in [-0.3, -0.25) is 0 Å². The largest absolute Gasteiger partial charge is 0.573 e. The summed E-state index contributed by atoms with van der Waals surface area (Å²) in [6.45, 7) is 2.75. The molecule has 0 spiro atoms. The average Bonchev–Trinajstić information content (AvgIpc) is 3.20. The number of rotatable bonds is 5. The van der Waals surface area contributed by atoms with Crippen molar-refractivity contribution < 1.29 is 17.9 Å². The summed E-state index contributed by atoms with van der Waals surface area (Å²) in [5, 5.41) is 6.27. The van der Waals surface area contributed by atoms with Crippen LogP contribution in [0.3, 0.4) is 0 Å². The summed E-state index contributed by atoms with van der Waals surface area (Å²) in [6.07, 6.45) is -2.51. The molecule has 2 rings (SSSR count). The lowest BCUT2D eigenvalue weighted by Crippen LogP contribution is -2.38. The van der Waals surface area contributed by atoms with Crippen molar-refractivity contribution in [3.63, 3.8) is 0 Å². The molecule has 1 saturated carbocycles. The van der Waals surface area contributed by atoms with Gasteiger partial charge in [-0.25, -0.2) is 4.99 Å². The van der Waals surface area contributed by atoms with Gasteiger partial charge in [0.15, 0.2) is 5.96 Å². The number of nitrogens with one attached hydrogen (secondary N) is 2. The molecule has 0 heterocycles. The molecular weight excluding hydrogens is 283 g/mol. The van der Waals surface area contributed by atoms with Crippen LogP contribution in [0.5, 0.6) is 5.75 Å². The van der Waals surface area contributed by atoms with Crippen molar-refractivity contribution in [2.75, 3.05) is 6.54 Å². The Kier molecular flexibility index (Phi) is 4.93. The molecule has 0 aliphatic heterocycles. The van der Waals surface area contributed by atoms with E-state index in [0.29, 0.717) is 24.1 Å². The lowest BCUT2D eigenvalue weighted by Gasteiger charge is -2.13. The number of nitrogens with zero attached hydrogens (tertiary/aromatic N) is 1. The van der Waals surface area contributed by atoms with Crippen LogP contribution < -0.4 is 15.4 Å². The average molecular weight is 301 g/mol. The Labute approximate surface area is 121 Å². The predicted octanol–water partition coefficient (Wildman–Crippen LogP) is 2.80. The molecule has 21 heavy (non-hydrogen) atoms. The molecule has 2 N–H and O–H groups in total. The first-order valence-corrected chi connectivity index (χ1v) is 6.86. The molecule has 1 aliphatic carbocycles. The van der Waals surface area contributed by atoms with Gasteiger partial charge in [0.25, 0.3) is 0 Å². The van der Waals surface area contributed by atoms with E-state index in [2.05, 4.69) is 20.4 Å². The number of ether oxygens (including phenoxy) is 1. The maximum absolute atomic E-state index is 12.3. The molecule has 4 nitrogen and oxygen atoms in total. The number of halogens is 3. The molecule has 1 aromatic rings. The van der Waals surface area contributed by atoms with Gasteiger partial charge >= 0.3 is 6.36 Å². The molecule has 0 atom stereocenters. The molecule has 1 aliphatic rings. The molecule has 0 amide bonds. The number of hydrogen-bond acceptors (Lipinski definition) is 2. The quantitative estimate of drug-likeness (QED) is 0.649. The van der Waals surface area contributed by atoms with E-state index < -0.39 is 6.36 Å². The van der Waals surface area contributed by atoms with E-state index >= 15 is 0 Å². The number of alkyl halides is 3. The number of para-hydroxylation sites is 1. The Morgan fingerprint density at radius 1 is 1.33 bits per heavy atom. The summed E-state index contributed by atoms with van der Waals surface area (Å²) in [5.41, 5.74) is 0.392. The Hall–Kier alpha value is -1.92. The Balaban J connectivity index is 2.06. The minimum Gasteiger partial charge on any atom is -0.405 e. The second-order valence-electron chi connectivity index (χ2n) is 4.77. The Bertz CT molecular complexity index is 498. The van der Waals surface area contributed by atoms with Crippen LogP contribution in [0.1, 0.15) is 25.3 Å². The van der Waals surface area contributed by atoms with Crippen LogP contribution in [-0.4, -0.2) is 24.9 Å². The monoisotopic (exact) mass is 301 g/mol. The first-order chi connectivity index (χ1) is 9.98. The van der Waals surface area contributed by atoms with Crippen molar-refractivity contribution in [2.45, 2.75) is 38.7 Å². The lowest BCUT2D eigenvalue weighted by atomic mass is 10.2. The maximum atomic E-state index is 12.3. The van der Waals surface area contributed by atoms with Crippen LogP contribution >= 0.6 is 0 Å². The molecule has 0 saturated heterocycles. The summed E-state index contributed by atoms with van der Waals surface area (Å²) in [4.78, 5) is 4.30. The van der Waals surface area contributed by atoms with Gasteiger partial charge in [-0.05, 0) is 25.8 Å². The van der Waals surface area contributed by atoms with E-state index in [9.17, 15) is 13.2 Å². The van der Waals surface area contributed by atoms with E-state index in [-0.39, 0.29) is 12.3 Å². The van der Waals surface area contributed by atoms with Crippen LogP contribution in [0.4, 0.5) is 13.2 Å². The smallest absolute Gasteiger partial charge is 0.405 e. The van der Waals surface area contributed by atoms with Crippen molar-refractivity contribution in [1.29, 1.82) is 0 Å². The third kappa shape index (κ3) is 5.53. The fraction of sp³-hybridized carbons (Fsp3) is 0.500. The topological polar surface area (TPSA) is 45.7 Å². The molecular formula is C14H18F3N3O. The molecule has 1 aromatic carbocycles. The minimum atomic E-state index is -4.70. The second kappa shape index (κ2) is 6.69. The predicted molar refractivity (Wildman–Crippen MR) is 74.1 cm³/mol. The van der Waals surface area contributed by atoms with Crippen LogP contribution in [0.15, 0.2) is 29.3 Å². The fourth-order valence-electron chi connectivity index (χ4n) is 1.76. The summed E-state index contributed by atoms with van der Waals surface area (Å²) < 4.78 is 41.0. The van der Waals surface area contributed by atoms with Gasteiger partial charge in [0.05, 0.1) is 6.54 Å². The standard InChI is InChI=1S/C14H18F3N3O/c1-2-18-13(20-11-7-8-11)19-9-10-5-3-4-6-12(10)21-14(15,16)17/h3-6,11H,2,7-9H2,1H3,(H2,18,19,20). The second-order valence-corrected chi connectivity index (χ2v) is 4.77. The van der Waals surface area contributed by atoms with Gasteiger partial charge < -0.3 is 15.4 Å². The van der Waals surface area contributed by atoms with Crippen molar-refractivity contribution in [3.8, 4) is 5.75 Å². The molecule has 0 bridgehead atoms. The molecule has 0 aromatic heterocycles. The third-order valence-electron chi connectivity index (χ3n) is 2.87. The van der Waals surface area contributed by atoms with Crippen molar-refractivity contribution >= 4 is 5.96 Å². The van der Waals surface area contributed by atoms with Crippen molar-refractivity contribution in [3.05, 3.63) is 29.8 Å². The number of guanidine groups is 1. The highest BCUT2D eigenvalue weighted by Crippen LogP contribution is 2.26. The number of hydrogen-bond donors (Lipinski definition) is 2. The SMILES string of the molecule is CCNC(=NCc1ccccc1OC(F)(F)F)NC1CC1. The van der Waals surface area contributed by atoms with Gasteiger partial charge in [-0.2, -0.15) is 0 Å². The zero-order chi connectivity index (χ0) is 15.3. The van der Waals surface area contributed by atoms with Crippen LogP contribution in [-0.2, 0) is 6.54 Å². The lowest BCUT2D eigenvalue weighted by molar-refractivity contribution is -0.274. The van der Waals surface area contributed by atoms with Crippen molar-refractivity contribution in [1.82, 2.24) is 10.6 Å². The number of benzene rings is 1. The maximum Gasteiger partial charge on any atom is 0.573 e. The van der Waals surface area contributed by atoms with Gasteiger partial charge in [-0.15, -0.1) is 13.2 Å². The highest BCUT2D eigenvalue weighted by atomic mass is 19.4. The summed E-state index contributed by atoms with van der Waals surface area (Å²) in [7, 11) is 0. The molecule has 0 radical (unpaired) electrons. The molecule has 0 unspecified atom stereocenters. The fourth-order valence-corrected chi connectivity index (χ4v) is 1.76. The Morgan fingerprint density at radius 2 is 2.05 bits per heavy atom. The van der Waals surface area contributed by atoms with Crippen LogP contribution in [0, 0.1) is 0 Å². The first kappa shape index (κ1) is 15.5.